The summed E-state index contributed by atoms with van der Waals surface area (Å²) in [5.74, 6) is -0.167. The second-order valence-corrected chi connectivity index (χ2v) is 8.25. The number of para-hydroxylation sites is 2. The third-order valence-corrected chi connectivity index (χ3v) is 6.16. The summed E-state index contributed by atoms with van der Waals surface area (Å²) in [6.45, 7) is -0.987. The Hall–Kier alpha value is -2.41. The maximum absolute atomic E-state index is 13.6. The number of alkyl halides is 2. The molecular weight excluding hydrogens is 380 g/mol. The lowest BCUT2D eigenvalue weighted by Gasteiger charge is -2.27. The molecule has 4 nitrogen and oxygen atoms in total. The van der Waals surface area contributed by atoms with E-state index in [1.165, 1.54) is 5.56 Å². The van der Waals surface area contributed by atoms with Crippen LogP contribution < -0.4 is 5.32 Å². The molecule has 1 aliphatic rings. The SMILES string of the molecule is CC(Sc1nc2ccccc2n1C(F)F)C(=O)NC1CCCc2ccccc21. The van der Waals surface area contributed by atoms with Gasteiger partial charge in [-0.25, -0.2) is 4.98 Å². The number of hydrogen-bond donors (Lipinski definition) is 1. The average Bonchev–Trinajstić information content (AvgIpc) is 3.06. The van der Waals surface area contributed by atoms with Gasteiger partial charge in [0.25, 0.3) is 0 Å². The maximum Gasteiger partial charge on any atom is 0.321 e. The number of nitrogens with one attached hydrogen (secondary N) is 1. The van der Waals surface area contributed by atoms with Crippen LogP contribution in [-0.2, 0) is 11.2 Å². The molecule has 1 aliphatic carbocycles. The van der Waals surface area contributed by atoms with E-state index >= 15 is 0 Å². The summed E-state index contributed by atoms with van der Waals surface area (Å²) in [6.07, 6.45) is 2.92. The van der Waals surface area contributed by atoms with Crippen LogP contribution in [0.3, 0.4) is 0 Å². The predicted octanol–water partition coefficient (Wildman–Crippen LogP) is 5.11. The van der Waals surface area contributed by atoms with E-state index < -0.39 is 11.8 Å². The number of hydrogen-bond acceptors (Lipinski definition) is 3. The standard InChI is InChI=1S/C21H21F2N3OS/c1-13(19(27)24-16-11-6-8-14-7-2-3-9-15(14)16)28-21-25-17-10-4-5-12-18(17)26(21)20(22)23/h2-5,7,9-10,12-13,16,20H,6,8,11H2,1H3,(H,24,27). The van der Waals surface area contributed by atoms with Crippen molar-refractivity contribution in [2.75, 3.05) is 0 Å². The number of halogens is 2. The third kappa shape index (κ3) is 3.63. The van der Waals surface area contributed by atoms with Gasteiger partial charge in [-0.15, -0.1) is 0 Å². The van der Waals surface area contributed by atoms with Crippen LogP contribution in [0.25, 0.3) is 11.0 Å². The second-order valence-electron chi connectivity index (χ2n) is 6.94. The fourth-order valence-corrected chi connectivity index (χ4v) is 4.63. The molecule has 28 heavy (non-hydrogen) atoms. The molecule has 1 amide bonds. The normalized spacial score (nSPS) is 17.5. The highest BCUT2D eigenvalue weighted by Crippen LogP contribution is 2.33. The van der Waals surface area contributed by atoms with E-state index in [9.17, 15) is 13.6 Å². The number of benzene rings is 2. The smallest absolute Gasteiger partial charge is 0.321 e. The molecule has 2 atom stereocenters. The van der Waals surface area contributed by atoms with E-state index in [1.54, 1.807) is 31.2 Å². The minimum atomic E-state index is -2.71. The van der Waals surface area contributed by atoms with Crippen LogP contribution in [0.15, 0.2) is 53.7 Å². The Kier molecular flexibility index (Phi) is 5.35. The largest absolute Gasteiger partial charge is 0.348 e. The summed E-state index contributed by atoms with van der Waals surface area (Å²) < 4.78 is 28.1. The van der Waals surface area contributed by atoms with Crippen molar-refractivity contribution in [3.05, 3.63) is 59.7 Å². The van der Waals surface area contributed by atoms with Gasteiger partial charge >= 0.3 is 6.55 Å². The number of carbonyl (C=O) groups is 1. The number of amides is 1. The van der Waals surface area contributed by atoms with Gasteiger partial charge in [0.1, 0.15) is 0 Å². The van der Waals surface area contributed by atoms with Crippen molar-refractivity contribution in [1.29, 1.82) is 0 Å². The van der Waals surface area contributed by atoms with Gasteiger partial charge in [-0.1, -0.05) is 48.2 Å². The molecule has 4 rings (SSSR count). The van der Waals surface area contributed by atoms with Gasteiger partial charge in [-0.2, -0.15) is 8.78 Å². The van der Waals surface area contributed by atoms with Crippen LogP contribution in [0.4, 0.5) is 8.78 Å². The lowest BCUT2D eigenvalue weighted by atomic mass is 9.88. The van der Waals surface area contributed by atoms with Crippen LogP contribution in [0, 0.1) is 0 Å². The fourth-order valence-electron chi connectivity index (χ4n) is 3.70. The first-order chi connectivity index (χ1) is 13.5. The highest BCUT2D eigenvalue weighted by Gasteiger charge is 2.26. The highest BCUT2D eigenvalue weighted by atomic mass is 32.2. The molecule has 1 aromatic heterocycles. The number of thioether (sulfide) groups is 1. The van der Waals surface area contributed by atoms with E-state index in [0.717, 1.165) is 41.2 Å². The summed E-state index contributed by atoms with van der Waals surface area (Å²) in [5, 5.41) is 2.71. The minimum Gasteiger partial charge on any atom is -0.348 e. The number of aromatic nitrogens is 2. The van der Waals surface area contributed by atoms with Gasteiger partial charge < -0.3 is 5.32 Å². The zero-order chi connectivity index (χ0) is 19.7. The second kappa shape index (κ2) is 7.91. The first-order valence-corrected chi connectivity index (χ1v) is 10.2. The van der Waals surface area contributed by atoms with E-state index in [2.05, 4.69) is 16.4 Å². The molecule has 0 aliphatic heterocycles. The zero-order valence-electron chi connectivity index (χ0n) is 15.4. The summed E-state index contributed by atoms with van der Waals surface area (Å²) in [5.41, 5.74) is 3.28. The number of nitrogens with zero attached hydrogens (tertiary/aromatic N) is 2. The molecule has 3 aromatic rings. The van der Waals surface area contributed by atoms with Gasteiger partial charge in [0, 0.05) is 0 Å². The fraction of sp³-hybridized carbons (Fsp3) is 0.333. The van der Waals surface area contributed by atoms with Crippen LogP contribution in [-0.4, -0.2) is 20.7 Å². The molecule has 0 saturated heterocycles. The van der Waals surface area contributed by atoms with Crippen LogP contribution in [0.1, 0.15) is 43.5 Å². The van der Waals surface area contributed by atoms with Crippen molar-refractivity contribution in [3.8, 4) is 0 Å². The van der Waals surface area contributed by atoms with Gasteiger partial charge in [0.15, 0.2) is 5.16 Å². The molecule has 0 spiro atoms. The summed E-state index contributed by atoms with van der Waals surface area (Å²) in [4.78, 5) is 17.1. The first kappa shape index (κ1) is 18.9. The van der Waals surface area contributed by atoms with E-state index in [0.29, 0.717) is 11.0 Å². The van der Waals surface area contributed by atoms with Gasteiger partial charge in [-0.05, 0) is 49.4 Å². The predicted molar refractivity (Wildman–Crippen MR) is 107 cm³/mol. The third-order valence-electron chi connectivity index (χ3n) is 5.10. The van der Waals surface area contributed by atoms with Gasteiger partial charge in [0.05, 0.1) is 22.3 Å². The molecule has 0 radical (unpaired) electrons. The minimum absolute atomic E-state index is 0.0329. The van der Waals surface area contributed by atoms with Crippen molar-refractivity contribution in [2.45, 2.75) is 49.2 Å². The Morgan fingerprint density at radius 1 is 1.21 bits per heavy atom. The van der Waals surface area contributed by atoms with Gasteiger partial charge in [-0.3, -0.25) is 9.36 Å². The van der Waals surface area contributed by atoms with Crippen LogP contribution in [0.2, 0.25) is 0 Å². The Labute approximate surface area is 166 Å². The van der Waals surface area contributed by atoms with E-state index in [1.807, 2.05) is 18.2 Å². The Morgan fingerprint density at radius 2 is 1.96 bits per heavy atom. The van der Waals surface area contributed by atoms with Crippen molar-refractivity contribution in [1.82, 2.24) is 14.9 Å². The lowest BCUT2D eigenvalue weighted by molar-refractivity contribution is -0.121. The van der Waals surface area contributed by atoms with Crippen molar-refractivity contribution in [2.24, 2.45) is 0 Å². The molecule has 7 heteroatoms. The zero-order valence-corrected chi connectivity index (χ0v) is 16.3. The van der Waals surface area contributed by atoms with Gasteiger partial charge in [0.2, 0.25) is 5.91 Å². The van der Waals surface area contributed by atoms with E-state index in [-0.39, 0.29) is 17.1 Å². The summed E-state index contributed by atoms with van der Waals surface area (Å²) >= 11 is 1.06. The molecule has 0 bridgehead atoms. The topological polar surface area (TPSA) is 46.9 Å². The quantitative estimate of drug-likeness (QED) is 0.605. The van der Waals surface area contributed by atoms with Crippen molar-refractivity contribution in [3.63, 3.8) is 0 Å². The number of carbonyl (C=O) groups excluding carboxylic acids is 1. The Morgan fingerprint density at radius 3 is 2.79 bits per heavy atom. The molecule has 146 valence electrons. The van der Waals surface area contributed by atoms with E-state index in [4.69, 9.17) is 0 Å². The number of fused-ring (bicyclic) bond motifs is 2. The lowest BCUT2D eigenvalue weighted by Crippen LogP contribution is -2.36. The van der Waals surface area contributed by atoms with Crippen molar-refractivity contribution < 1.29 is 13.6 Å². The number of aryl methyl sites for hydroxylation is 1. The van der Waals surface area contributed by atoms with Crippen molar-refractivity contribution >= 4 is 28.7 Å². The first-order valence-electron chi connectivity index (χ1n) is 9.34. The maximum atomic E-state index is 13.6. The molecule has 1 heterocycles. The summed E-state index contributed by atoms with van der Waals surface area (Å²) in [6, 6.07) is 14.9. The van der Waals surface area contributed by atoms with Crippen LogP contribution in [0.5, 0.6) is 0 Å². The van der Waals surface area contributed by atoms with Crippen LogP contribution >= 0.6 is 11.8 Å². The number of rotatable bonds is 5. The Bertz CT molecular complexity index is 1000. The average molecular weight is 401 g/mol. The monoisotopic (exact) mass is 401 g/mol. The molecule has 2 unspecified atom stereocenters. The molecule has 0 fully saturated rings. The molecular formula is C21H21F2N3OS. The Balaban J connectivity index is 1.52. The summed E-state index contributed by atoms with van der Waals surface area (Å²) in [7, 11) is 0. The highest BCUT2D eigenvalue weighted by molar-refractivity contribution is 8.00. The molecule has 1 N–H and O–H groups in total. The molecule has 0 saturated carbocycles. The number of imidazole rings is 1. The molecule has 2 aromatic carbocycles.